The van der Waals surface area contributed by atoms with Crippen molar-refractivity contribution >= 4 is 0 Å². The maximum absolute atomic E-state index is 6.21. The van der Waals surface area contributed by atoms with E-state index in [9.17, 15) is 0 Å². The van der Waals surface area contributed by atoms with Crippen LogP contribution in [0.1, 0.15) is 44.1 Å². The first kappa shape index (κ1) is 14.7. The van der Waals surface area contributed by atoms with Crippen LogP contribution in [0.5, 0.6) is 11.5 Å². The highest BCUT2D eigenvalue weighted by atomic mass is 16.5. The van der Waals surface area contributed by atoms with Crippen molar-refractivity contribution in [3.63, 3.8) is 0 Å². The maximum Gasteiger partial charge on any atom is 0.123 e. The van der Waals surface area contributed by atoms with Gasteiger partial charge in [0.2, 0.25) is 0 Å². The first-order valence-electron chi connectivity index (χ1n) is 7.92. The summed E-state index contributed by atoms with van der Waals surface area (Å²) in [4.78, 5) is 0. The van der Waals surface area contributed by atoms with Gasteiger partial charge in [0.15, 0.2) is 0 Å². The molecule has 21 heavy (non-hydrogen) atoms. The molecule has 1 aliphatic carbocycles. The molecule has 1 aromatic rings. The van der Waals surface area contributed by atoms with Gasteiger partial charge in [-0.15, -0.1) is 0 Å². The molecule has 1 atom stereocenters. The Bertz CT molecular complexity index is 461. The van der Waals surface area contributed by atoms with E-state index in [4.69, 9.17) is 19.9 Å². The summed E-state index contributed by atoms with van der Waals surface area (Å²) in [5.41, 5.74) is 6.85. The fourth-order valence-corrected chi connectivity index (χ4v) is 3.58. The Morgan fingerprint density at radius 3 is 2.71 bits per heavy atom. The Morgan fingerprint density at radius 1 is 1.24 bits per heavy atom. The van der Waals surface area contributed by atoms with E-state index in [1.165, 1.54) is 25.7 Å². The standard InChI is InChI=1S/C17H25NO3/c1-19-15-8-13(12-18)9-16(10-15)21-14-4-7-20-17(11-14)5-2-3-6-17/h8-10,14H,2-7,11-12,18H2,1H3. The molecule has 0 bridgehead atoms. The van der Waals surface area contributed by atoms with Crippen molar-refractivity contribution in [3.05, 3.63) is 23.8 Å². The van der Waals surface area contributed by atoms with Gasteiger partial charge in [0.1, 0.15) is 17.6 Å². The molecule has 4 heteroatoms. The second-order valence-corrected chi connectivity index (χ2v) is 6.19. The second kappa shape index (κ2) is 6.24. The van der Waals surface area contributed by atoms with Crippen LogP contribution in [-0.4, -0.2) is 25.4 Å². The van der Waals surface area contributed by atoms with Crippen molar-refractivity contribution < 1.29 is 14.2 Å². The molecule has 1 saturated heterocycles. The minimum atomic E-state index is 0.0818. The number of hydrogen-bond acceptors (Lipinski definition) is 4. The van der Waals surface area contributed by atoms with Crippen LogP contribution in [0.15, 0.2) is 18.2 Å². The summed E-state index contributed by atoms with van der Waals surface area (Å²) in [5, 5.41) is 0. The Hall–Kier alpha value is -1.26. The van der Waals surface area contributed by atoms with Crippen LogP contribution in [-0.2, 0) is 11.3 Å². The molecular weight excluding hydrogens is 266 g/mol. The average molecular weight is 291 g/mol. The van der Waals surface area contributed by atoms with E-state index in [0.29, 0.717) is 6.54 Å². The number of benzene rings is 1. The predicted octanol–water partition coefficient (Wildman–Crippen LogP) is 3.02. The van der Waals surface area contributed by atoms with Crippen molar-refractivity contribution in [2.45, 2.75) is 56.8 Å². The highest BCUT2D eigenvalue weighted by molar-refractivity contribution is 5.38. The molecule has 2 fully saturated rings. The molecule has 0 aromatic heterocycles. The molecule has 1 unspecified atom stereocenters. The summed E-state index contributed by atoms with van der Waals surface area (Å²) in [5.74, 6) is 1.66. The molecule has 2 N–H and O–H groups in total. The van der Waals surface area contributed by atoms with Gasteiger partial charge in [0, 0.05) is 25.5 Å². The van der Waals surface area contributed by atoms with Gasteiger partial charge in [-0.25, -0.2) is 0 Å². The van der Waals surface area contributed by atoms with Gasteiger partial charge in [-0.3, -0.25) is 0 Å². The zero-order valence-electron chi connectivity index (χ0n) is 12.8. The molecule has 0 radical (unpaired) electrons. The third-order valence-corrected chi connectivity index (χ3v) is 4.68. The molecule has 1 heterocycles. The highest BCUT2D eigenvalue weighted by Gasteiger charge is 2.40. The van der Waals surface area contributed by atoms with Crippen LogP contribution in [0.3, 0.4) is 0 Å². The quantitative estimate of drug-likeness (QED) is 0.926. The van der Waals surface area contributed by atoms with E-state index < -0.39 is 0 Å². The zero-order valence-corrected chi connectivity index (χ0v) is 12.8. The Kier molecular flexibility index (Phi) is 4.36. The van der Waals surface area contributed by atoms with Crippen molar-refractivity contribution in [2.24, 2.45) is 5.73 Å². The van der Waals surface area contributed by atoms with Gasteiger partial charge in [0.05, 0.1) is 19.3 Å². The van der Waals surface area contributed by atoms with Crippen molar-refractivity contribution in [1.82, 2.24) is 0 Å². The van der Waals surface area contributed by atoms with Gasteiger partial charge in [0.25, 0.3) is 0 Å². The van der Waals surface area contributed by atoms with E-state index in [-0.39, 0.29) is 11.7 Å². The van der Waals surface area contributed by atoms with Crippen LogP contribution in [0.2, 0.25) is 0 Å². The molecule has 1 aliphatic heterocycles. The lowest BCUT2D eigenvalue weighted by molar-refractivity contribution is -0.108. The van der Waals surface area contributed by atoms with Gasteiger partial charge >= 0.3 is 0 Å². The van der Waals surface area contributed by atoms with E-state index in [2.05, 4.69) is 0 Å². The summed E-state index contributed by atoms with van der Waals surface area (Å²) in [6.45, 7) is 1.30. The van der Waals surface area contributed by atoms with Gasteiger partial charge in [-0.05, 0) is 30.5 Å². The minimum absolute atomic E-state index is 0.0818. The van der Waals surface area contributed by atoms with Crippen molar-refractivity contribution in [2.75, 3.05) is 13.7 Å². The fraction of sp³-hybridized carbons (Fsp3) is 0.647. The third-order valence-electron chi connectivity index (χ3n) is 4.68. The van der Waals surface area contributed by atoms with E-state index in [0.717, 1.165) is 36.5 Å². The predicted molar refractivity (Wildman–Crippen MR) is 81.7 cm³/mol. The van der Waals surface area contributed by atoms with E-state index in [1.54, 1.807) is 7.11 Å². The first-order valence-corrected chi connectivity index (χ1v) is 7.92. The molecular formula is C17H25NO3. The third kappa shape index (κ3) is 3.33. The number of rotatable bonds is 4. The lowest BCUT2D eigenvalue weighted by Crippen LogP contribution is -2.41. The van der Waals surface area contributed by atoms with Crippen LogP contribution in [0, 0.1) is 0 Å². The smallest absolute Gasteiger partial charge is 0.123 e. The first-order chi connectivity index (χ1) is 10.2. The lowest BCUT2D eigenvalue weighted by atomic mass is 9.90. The van der Waals surface area contributed by atoms with Crippen LogP contribution in [0.25, 0.3) is 0 Å². The SMILES string of the molecule is COc1cc(CN)cc(OC2CCOC3(CCCC3)C2)c1. The maximum atomic E-state index is 6.21. The van der Waals surface area contributed by atoms with Crippen LogP contribution < -0.4 is 15.2 Å². The average Bonchev–Trinajstić information content (AvgIpc) is 2.94. The van der Waals surface area contributed by atoms with Gasteiger partial charge in [-0.1, -0.05) is 12.8 Å². The Morgan fingerprint density at radius 2 is 2.00 bits per heavy atom. The highest BCUT2D eigenvalue weighted by Crippen LogP contribution is 2.41. The summed E-state index contributed by atoms with van der Waals surface area (Å²) < 4.78 is 17.6. The fourth-order valence-electron chi connectivity index (χ4n) is 3.58. The lowest BCUT2D eigenvalue weighted by Gasteiger charge is -2.38. The summed E-state index contributed by atoms with van der Waals surface area (Å²) >= 11 is 0. The normalized spacial score (nSPS) is 24.2. The molecule has 2 aliphatic rings. The molecule has 116 valence electrons. The second-order valence-electron chi connectivity index (χ2n) is 6.19. The number of nitrogens with two attached hydrogens (primary N) is 1. The van der Waals surface area contributed by atoms with E-state index >= 15 is 0 Å². The van der Waals surface area contributed by atoms with Gasteiger partial charge in [-0.2, -0.15) is 0 Å². The topological polar surface area (TPSA) is 53.7 Å². The van der Waals surface area contributed by atoms with Crippen LogP contribution in [0.4, 0.5) is 0 Å². The molecule has 3 rings (SSSR count). The number of methoxy groups -OCH3 is 1. The number of hydrogen-bond donors (Lipinski definition) is 1. The number of ether oxygens (including phenoxy) is 3. The minimum Gasteiger partial charge on any atom is -0.497 e. The Labute approximate surface area is 126 Å². The summed E-state index contributed by atoms with van der Waals surface area (Å²) in [6, 6.07) is 5.91. The van der Waals surface area contributed by atoms with Crippen molar-refractivity contribution in [3.8, 4) is 11.5 Å². The largest absolute Gasteiger partial charge is 0.497 e. The molecule has 1 aromatic carbocycles. The van der Waals surface area contributed by atoms with E-state index in [1.807, 2.05) is 18.2 Å². The molecule has 4 nitrogen and oxygen atoms in total. The Balaban J connectivity index is 1.70. The monoisotopic (exact) mass is 291 g/mol. The molecule has 0 amide bonds. The van der Waals surface area contributed by atoms with Crippen molar-refractivity contribution in [1.29, 1.82) is 0 Å². The summed E-state index contributed by atoms with van der Waals surface area (Å²) in [6.07, 6.45) is 7.11. The zero-order chi connectivity index (χ0) is 14.7. The van der Waals surface area contributed by atoms with Gasteiger partial charge < -0.3 is 19.9 Å². The van der Waals surface area contributed by atoms with Crippen LogP contribution >= 0.6 is 0 Å². The molecule has 1 saturated carbocycles. The summed E-state index contributed by atoms with van der Waals surface area (Å²) in [7, 11) is 1.67. The molecule has 1 spiro atoms.